The third kappa shape index (κ3) is 6.44. The van der Waals surface area contributed by atoms with Crippen LogP contribution in [0.4, 0.5) is 5.69 Å². The molecule has 116 valence electrons. The average Bonchev–Trinajstić information content (AvgIpc) is 2.89. The zero-order valence-electron chi connectivity index (χ0n) is 12.8. The minimum absolute atomic E-state index is 0.463. The van der Waals surface area contributed by atoms with Crippen LogP contribution in [0.1, 0.15) is 26.2 Å². The first kappa shape index (κ1) is 16.2. The molecule has 2 N–H and O–H groups in total. The average molecular weight is 306 g/mol. The standard InChI is InChI=1S/C17H26N2OS/c1-14-9-10-17(20-14)13-21-12-6-11-18-15(2)19-16-7-4-3-5-8-16/h3-5,7-8,14,17-19H,2,6,9-13H2,1H3. The maximum absolute atomic E-state index is 5.81. The SMILES string of the molecule is C=C(NCCCSCC1CCC(C)O1)Nc1ccccc1. The van der Waals surface area contributed by atoms with Gasteiger partial charge in [-0.1, -0.05) is 24.8 Å². The van der Waals surface area contributed by atoms with E-state index in [1.165, 1.54) is 18.6 Å². The lowest BCUT2D eigenvalue weighted by atomic mass is 10.2. The zero-order chi connectivity index (χ0) is 14.9. The number of benzene rings is 1. The molecule has 0 radical (unpaired) electrons. The Morgan fingerprint density at radius 1 is 1.33 bits per heavy atom. The van der Waals surface area contributed by atoms with Crippen LogP contribution in [0.25, 0.3) is 0 Å². The number of thioether (sulfide) groups is 1. The van der Waals surface area contributed by atoms with Gasteiger partial charge in [0, 0.05) is 18.0 Å². The van der Waals surface area contributed by atoms with Gasteiger partial charge in [-0.25, -0.2) is 0 Å². The van der Waals surface area contributed by atoms with Crippen molar-refractivity contribution in [3.05, 3.63) is 42.7 Å². The van der Waals surface area contributed by atoms with E-state index >= 15 is 0 Å². The summed E-state index contributed by atoms with van der Waals surface area (Å²) in [7, 11) is 0. The summed E-state index contributed by atoms with van der Waals surface area (Å²) in [5.74, 6) is 3.16. The molecule has 3 nitrogen and oxygen atoms in total. The van der Waals surface area contributed by atoms with Crippen molar-refractivity contribution in [3.8, 4) is 0 Å². The molecule has 0 amide bonds. The van der Waals surface area contributed by atoms with Crippen molar-refractivity contribution >= 4 is 17.4 Å². The summed E-state index contributed by atoms with van der Waals surface area (Å²) in [6.45, 7) is 7.11. The van der Waals surface area contributed by atoms with Gasteiger partial charge >= 0.3 is 0 Å². The molecule has 1 saturated heterocycles. The molecule has 0 bridgehead atoms. The van der Waals surface area contributed by atoms with E-state index in [1.54, 1.807) is 0 Å². The van der Waals surface area contributed by atoms with Gasteiger partial charge in [0.1, 0.15) is 0 Å². The number of hydrogen-bond donors (Lipinski definition) is 2. The van der Waals surface area contributed by atoms with Crippen molar-refractivity contribution in [3.63, 3.8) is 0 Å². The fourth-order valence-corrected chi connectivity index (χ4v) is 3.40. The number of rotatable bonds is 9. The first-order valence-electron chi connectivity index (χ1n) is 7.72. The number of ether oxygens (including phenoxy) is 1. The normalized spacial score (nSPS) is 21.2. The molecule has 1 fully saturated rings. The summed E-state index contributed by atoms with van der Waals surface area (Å²) in [4.78, 5) is 0. The third-order valence-corrected chi connectivity index (χ3v) is 4.68. The van der Waals surface area contributed by atoms with E-state index in [0.29, 0.717) is 12.2 Å². The highest BCUT2D eigenvalue weighted by atomic mass is 32.2. The van der Waals surface area contributed by atoms with Gasteiger partial charge in [0.15, 0.2) is 0 Å². The van der Waals surface area contributed by atoms with Gasteiger partial charge in [-0.15, -0.1) is 0 Å². The fourth-order valence-electron chi connectivity index (χ4n) is 2.38. The Hall–Kier alpha value is -1.13. The molecule has 2 atom stereocenters. The molecule has 0 aromatic heterocycles. The first-order chi connectivity index (χ1) is 10.2. The second kappa shape index (κ2) is 9.00. The minimum Gasteiger partial charge on any atom is -0.374 e. The van der Waals surface area contributed by atoms with Crippen molar-refractivity contribution in [2.45, 2.75) is 38.4 Å². The molecule has 2 unspecified atom stereocenters. The maximum Gasteiger partial charge on any atom is 0.0957 e. The van der Waals surface area contributed by atoms with Crippen LogP contribution >= 0.6 is 11.8 Å². The Bertz CT molecular complexity index is 424. The van der Waals surface area contributed by atoms with Crippen molar-refractivity contribution in [2.75, 3.05) is 23.4 Å². The van der Waals surface area contributed by atoms with Gasteiger partial charge in [-0.05, 0) is 44.1 Å². The molecule has 1 aromatic carbocycles. The molecule has 1 heterocycles. The highest BCUT2D eigenvalue weighted by molar-refractivity contribution is 7.99. The third-order valence-electron chi connectivity index (χ3n) is 3.50. The molecule has 2 rings (SSSR count). The topological polar surface area (TPSA) is 33.3 Å². The van der Waals surface area contributed by atoms with Crippen molar-refractivity contribution in [1.29, 1.82) is 0 Å². The van der Waals surface area contributed by atoms with Gasteiger partial charge in [0.25, 0.3) is 0 Å². The Morgan fingerprint density at radius 2 is 2.14 bits per heavy atom. The van der Waals surface area contributed by atoms with E-state index in [4.69, 9.17) is 4.74 Å². The summed E-state index contributed by atoms with van der Waals surface area (Å²) in [6.07, 6.45) is 4.53. The van der Waals surface area contributed by atoms with E-state index in [2.05, 4.69) is 24.1 Å². The molecule has 0 saturated carbocycles. The largest absolute Gasteiger partial charge is 0.374 e. The second-order valence-electron chi connectivity index (χ2n) is 5.47. The van der Waals surface area contributed by atoms with E-state index in [1.807, 2.05) is 42.1 Å². The summed E-state index contributed by atoms with van der Waals surface area (Å²) >= 11 is 1.99. The van der Waals surface area contributed by atoms with Crippen LogP contribution < -0.4 is 10.6 Å². The van der Waals surface area contributed by atoms with Crippen LogP contribution in [0.15, 0.2) is 42.7 Å². The molecule has 1 aliphatic rings. The first-order valence-corrected chi connectivity index (χ1v) is 8.87. The van der Waals surface area contributed by atoms with Gasteiger partial charge in [0.05, 0.1) is 18.0 Å². The Labute approximate surface area is 132 Å². The van der Waals surface area contributed by atoms with Crippen molar-refractivity contribution in [2.24, 2.45) is 0 Å². The van der Waals surface area contributed by atoms with E-state index in [-0.39, 0.29) is 0 Å². The molecule has 1 aliphatic heterocycles. The van der Waals surface area contributed by atoms with Crippen LogP contribution in [0.2, 0.25) is 0 Å². The minimum atomic E-state index is 0.463. The Kier molecular flexibility index (Phi) is 6.96. The van der Waals surface area contributed by atoms with E-state index in [9.17, 15) is 0 Å². The number of nitrogens with one attached hydrogen (secondary N) is 2. The monoisotopic (exact) mass is 306 g/mol. The molecule has 0 spiro atoms. The van der Waals surface area contributed by atoms with Gasteiger partial charge < -0.3 is 15.4 Å². The molecule has 1 aromatic rings. The smallest absolute Gasteiger partial charge is 0.0957 e. The summed E-state index contributed by atoms with van der Waals surface area (Å²) in [5.41, 5.74) is 1.07. The zero-order valence-corrected chi connectivity index (χ0v) is 13.6. The highest BCUT2D eigenvalue weighted by Crippen LogP contribution is 2.22. The summed E-state index contributed by atoms with van der Waals surface area (Å²) in [5, 5.41) is 6.57. The quantitative estimate of drug-likeness (QED) is 0.679. The molecular weight excluding hydrogens is 280 g/mol. The van der Waals surface area contributed by atoms with Crippen LogP contribution in [0.3, 0.4) is 0 Å². The predicted molar refractivity (Wildman–Crippen MR) is 92.7 cm³/mol. The summed E-state index contributed by atoms with van der Waals surface area (Å²) in [6, 6.07) is 10.1. The van der Waals surface area contributed by atoms with E-state index in [0.717, 1.165) is 30.2 Å². The van der Waals surface area contributed by atoms with Crippen LogP contribution in [-0.4, -0.2) is 30.3 Å². The molecule has 4 heteroatoms. The lowest BCUT2D eigenvalue weighted by Gasteiger charge is -2.13. The highest BCUT2D eigenvalue weighted by Gasteiger charge is 2.20. The Balaban J connectivity index is 1.47. The van der Waals surface area contributed by atoms with Gasteiger partial charge in [-0.3, -0.25) is 0 Å². The Morgan fingerprint density at radius 3 is 2.86 bits per heavy atom. The summed E-state index contributed by atoms with van der Waals surface area (Å²) < 4.78 is 5.81. The second-order valence-corrected chi connectivity index (χ2v) is 6.62. The van der Waals surface area contributed by atoms with Gasteiger partial charge in [-0.2, -0.15) is 11.8 Å². The molecule has 0 aliphatic carbocycles. The van der Waals surface area contributed by atoms with Crippen molar-refractivity contribution < 1.29 is 4.74 Å². The molecular formula is C17H26N2OS. The van der Waals surface area contributed by atoms with Crippen LogP contribution in [0.5, 0.6) is 0 Å². The van der Waals surface area contributed by atoms with Gasteiger partial charge in [0.2, 0.25) is 0 Å². The van der Waals surface area contributed by atoms with E-state index < -0.39 is 0 Å². The fraction of sp³-hybridized carbons (Fsp3) is 0.529. The number of para-hydroxylation sites is 1. The lowest BCUT2D eigenvalue weighted by Crippen LogP contribution is -2.20. The number of hydrogen-bond acceptors (Lipinski definition) is 4. The van der Waals surface area contributed by atoms with Crippen molar-refractivity contribution in [1.82, 2.24) is 5.32 Å². The number of anilines is 1. The lowest BCUT2D eigenvalue weighted by molar-refractivity contribution is 0.0700. The molecule has 21 heavy (non-hydrogen) atoms. The van der Waals surface area contributed by atoms with Crippen LogP contribution in [0, 0.1) is 0 Å². The van der Waals surface area contributed by atoms with Crippen LogP contribution in [-0.2, 0) is 4.74 Å². The maximum atomic E-state index is 5.81. The predicted octanol–water partition coefficient (Wildman–Crippen LogP) is 3.85.